The molecule has 0 atom stereocenters. The maximum atomic E-state index is 11.5. The van der Waals surface area contributed by atoms with Gasteiger partial charge in [-0.1, -0.05) is 0 Å². The molecule has 2 heterocycles. The van der Waals surface area contributed by atoms with Crippen molar-refractivity contribution >= 4 is 5.91 Å². The van der Waals surface area contributed by atoms with E-state index in [1.807, 2.05) is 13.0 Å². The highest BCUT2D eigenvalue weighted by Gasteiger charge is 2.04. The molecule has 0 radical (unpaired) electrons. The molecule has 1 N–H and O–H groups in total. The van der Waals surface area contributed by atoms with Crippen molar-refractivity contribution < 1.29 is 4.79 Å². The normalized spacial score (nSPS) is 10.2. The van der Waals surface area contributed by atoms with Crippen LogP contribution in [-0.4, -0.2) is 36.1 Å². The second-order valence-electron chi connectivity index (χ2n) is 3.43. The summed E-state index contributed by atoms with van der Waals surface area (Å²) in [6.45, 7) is 2.33. The second kappa shape index (κ2) is 5.10. The lowest BCUT2D eigenvalue weighted by molar-refractivity contribution is -0.122. The highest BCUT2D eigenvalue weighted by atomic mass is 16.2. The fourth-order valence-electron chi connectivity index (χ4n) is 1.25. The zero-order valence-electron chi connectivity index (χ0n) is 9.24. The molecule has 2 aromatic heterocycles. The molecule has 0 spiro atoms. The number of hydrogen-bond acceptors (Lipinski definition) is 6. The van der Waals surface area contributed by atoms with Crippen LogP contribution in [-0.2, 0) is 17.9 Å². The zero-order chi connectivity index (χ0) is 12.1. The van der Waals surface area contributed by atoms with Crippen LogP contribution in [0.15, 0.2) is 18.7 Å². The molecule has 88 valence electrons. The number of amides is 1. The lowest BCUT2D eigenvalue weighted by atomic mass is 10.3. The molecule has 0 aliphatic heterocycles. The van der Waals surface area contributed by atoms with E-state index in [-0.39, 0.29) is 12.5 Å². The predicted molar refractivity (Wildman–Crippen MR) is 56.4 cm³/mol. The fourth-order valence-corrected chi connectivity index (χ4v) is 1.25. The summed E-state index contributed by atoms with van der Waals surface area (Å²) in [7, 11) is 0. The lowest BCUT2D eigenvalue weighted by Crippen LogP contribution is -2.27. The van der Waals surface area contributed by atoms with E-state index in [0.29, 0.717) is 6.54 Å². The minimum atomic E-state index is -0.173. The van der Waals surface area contributed by atoms with Gasteiger partial charge in [0, 0.05) is 5.69 Å². The zero-order valence-corrected chi connectivity index (χ0v) is 9.24. The van der Waals surface area contributed by atoms with Gasteiger partial charge in [-0.25, -0.2) is 14.6 Å². The molecule has 1 amide bonds. The number of nitrogens with one attached hydrogen (secondary N) is 1. The first-order valence-electron chi connectivity index (χ1n) is 4.99. The van der Waals surface area contributed by atoms with E-state index in [4.69, 9.17) is 0 Å². The first-order valence-corrected chi connectivity index (χ1v) is 4.99. The highest BCUT2D eigenvalue weighted by Crippen LogP contribution is 1.95. The minimum absolute atomic E-state index is 0.0943. The quantitative estimate of drug-likeness (QED) is 0.733. The van der Waals surface area contributed by atoms with E-state index in [9.17, 15) is 4.79 Å². The molecule has 0 unspecified atom stereocenters. The van der Waals surface area contributed by atoms with Crippen LogP contribution in [0.4, 0.5) is 0 Å². The number of carbonyl (C=O) groups excluding carboxylic acids is 1. The molecular formula is C9H11N7O. The Morgan fingerprint density at radius 1 is 1.47 bits per heavy atom. The summed E-state index contributed by atoms with van der Waals surface area (Å²) in [6, 6.07) is 1.82. The number of tetrazole rings is 1. The number of rotatable bonds is 4. The van der Waals surface area contributed by atoms with Crippen molar-refractivity contribution in [3.63, 3.8) is 0 Å². The Kier molecular flexibility index (Phi) is 3.34. The summed E-state index contributed by atoms with van der Waals surface area (Å²) in [5.41, 5.74) is 1.63. The van der Waals surface area contributed by atoms with Gasteiger partial charge < -0.3 is 5.32 Å². The summed E-state index contributed by atoms with van der Waals surface area (Å²) < 4.78 is 1.35. The van der Waals surface area contributed by atoms with E-state index in [1.54, 1.807) is 0 Å². The first-order chi connectivity index (χ1) is 8.24. The van der Waals surface area contributed by atoms with Crippen LogP contribution in [0.25, 0.3) is 0 Å². The molecule has 0 fully saturated rings. The van der Waals surface area contributed by atoms with Gasteiger partial charge in [0.2, 0.25) is 5.91 Å². The first kappa shape index (κ1) is 11.1. The second-order valence-corrected chi connectivity index (χ2v) is 3.43. The molecule has 0 saturated carbocycles. The van der Waals surface area contributed by atoms with Gasteiger partial charge in [-0.05, 0) is 23.4 Å². The fraction of sp³-hybridized carbons (Fsp3) is 0.333. The van der Waals surface area contributed by atoms with Gasteiger partial charge >= 0.3 is 0 Å². The van der Waals surface area contributed by atoms with E-state index in [0.717, 1.165) is 11.4 Å². The maximum Gasteiger partial charge on any atom is 0.242 e. The van der Waals surface area contributed by atoms with Gasteiger partial charge in [0.15, 0.2) is 0 Å². The van der Waals surface area contributed by atoms with E-state index in [1.165, 1.54) is 17.3 Å². The third kappa shape index (κ3) is 3.30. The van der Waals surface area contributed by atoms with E-state index < -0.39 is 0 Å². The monoisotopic (exact) mass is 233 g/mol. The molecule has 0 aliphatic rings. The smallest absolute Gasteiger partial charge is 0.242 e. The SMILES string of the molecule is Cc1cc(CNC(=O)Cn2cnnn2)ncn1. The molecule has 17 heavy (non-hydrogen) atoms. The van der Waals surface area contributed by atoms with Crippen molar-refractivity contribution in [1.82, 2.24) is 35.5 Å². The van der Waals surface area contributed by atoms with Crippen LogP contribution in [0, 0.1) is 6.92 Å². The number of aromatic nitrogens is 6. The van der Waals surface area contributed by atoms with E-state index >= 15 is 0 Å². The average molecular weight is 233 g/mol. The molecule has 0 bridgehead atoms. The molecular weight excluding hydrogens is 222 g/mol. The third-order valence-electron chi connectivity index (χ3n) is 2.02. The molecule has 8 heteroatoms. The third-order valence-corrected chi connectivity index (χ3v) is 2.02. The molecule has 0 aromatic carbocycles. The van der Waals surface area contributed by atoms with Gasteiger partial charge in [0.05, 0.1) is 12.2 Å². The summed E-state index contributed by atoms with van der Waals surface area (Å²) in [4.78, 5) is 19.5. The topological polar surface area (TPSA) is 98.5 Å². The van der Waals surface area contributed by atoms with Crippen LogP contribution in [0.1, 0.15) is 11.4 Å². The molecule has 2 rings (SSSR count). The van der Waals surface area contributed by atoms with Crippen molar-refractivity contribution in [2.24, 2.45) is 0 Å². The minimum Gasteiger partial charge on any atom is -0.349 e. The number of carbonyl (C=O) groups is 1. The summed E-state index contributed by atoms with van der Waals surface area (Å²) in [5, 5.41) is 13.2. The van der Waals surface area contributed by atoms with Crippen molar-refractivity contribution in [3.05, 3.63) is 30.1 Å². The van der Waals surface area contributed by atoms with Crippen molar-refractivity contribution in [1.29, 1.82) is 0 Å². The number of nitrogens with zero attached hydrogens (tertiary/aromatic N) is 6. The van der Waals surface area contributed by atoms with Crippen LogP contribution in [0.5, 0.6) is 0 Å². The lowest BCUT2D eigenvalue weighted by Gasteiger charge is -2.04. The Balaban J connectivity index is 1.84. The van der Waals surface area contributed by atoms with Crippen LogP contribution in [0.3, 0.4) is 0 Å². The standard InChI is InChI=1S/C9H11N7O/c1-7-2-8(12-5-11-7)3-10-9(17)4-16-6-13-14-15-16/h2,5-6H,3-4H2,1H3,(H,10,17). The number of aryl methyl sites for hydroxylation is 1. The van der Waals surface area contributed by atoms with E-state index in [2.05, 4.69) is 30.8 Å². The average Bonchev–Trinajstić information content (AvgIpc) is 2.79. The van der Waals surface area contributed by atoms with Crippen LogP contribution < -0.4 is 5.32 Å². The molecule has 2 aromatic rings. The number of hydrogen-bond donors (Lipinski definition) is 1. The van der Waals surface area contributed by atoms with Gasteiger partial charge in [-0.2, -0.15) is 0 Å². The predicted octanol–water partition coefficient (Wildman–Crippen LogP) is -0.912. The van der Waals surface area contributed by atoms with Gasteiger partial charge in [-0.3, -0.25) is 4.79 Å². The van der Waals surface area contributed by atoms with Crippen molar-refractivity contribution in [2.75, 3.05) is 0 Å². The highest BCUT2D eigenvalue weighted by molar-refractivity contribution is 5.75. The van der Waals surface area contributed by atoms with Crippen molar-refractivity contribution in [3.8, 4) is 0 Å². The molecule has 0 aliphatic carbocycles. The van der Waals surface area contributed by atoms with Gasteiger partial charge in [0.1, 0.15) is 19.2 Å². The summed E-state index contributed by atoms with van der Waals surface area (Å²) >= 11 is 0. The summed E-state index contributed by atoms with van der Waals surface area (Å²) in [5.74, 6) is -0.173. The Bertz CT molecular complexity index is 496. The Morgan fingerprint density at radius 3 is 3.06 bits per heavy atom. The summed E-state index contributed by atoms with van der Waals surface area (Å²) in [6.07, 6.45) is 2.85. The maximum absolute atomic E-state index is 11.5. The van der Waals surface area contributed by atoms with Gasteiger partial charge in [0.25, 0.3) is 0 Å². The van der Waals surface area contributed by atoms with Gasteiger partial charge in [-0.15, -0.1) is 5.10 Å². The molecule has 0 saturated heterocycles. The largest absolute Gasteiger partial charge is 0.349 e. The van der Waals surface area contributed by atoms with Crippen LogP contribution >= 0.6 is 0 Å². The van der Waals surface area contributed by atoms with Crippen LogP contribution in [0.2, 0.25) is 0 Å². The Hall–Kier alpha value is -2.38. The van der Waals surface area contributed by atoms with Crippen molar-refractivity contribution in [2.45, 2.75) is 20.0 Å². The Labute approximate surface area is 97.1 Å². The molecule has 8 nitrogen and oxygen atoms in total. The Morgan fingerprint density at radius 2 is 2.35 bits per heavy atom.